The quantitative estimate of drug-likeness (QED) is 0.873. The molecule has 2 heteroatoms. The third kappa shape index (κ3) is 3.05. The van der Waals surface area contributed by atoms with E-state index in [4.69, 9.17) is 10.5 Å². The minimum atomic E-state index is 0.194. The summed E-state index contributed by atoms with van der Waals surface area (Å²) in [6.45, 7) is 6.21. The van der Waals surface area contributed by atoms with Gasteiger partial charge in [-0.3, -0.25) is 0 Å². The van der Waals surface area contributed by atoms with Crippen molar-refractivity contribution in [2.24, 2.45) is 11.7 Å². The van der Waals surface area contributed by atoms with Gasteiger partial charge in [0.15, 0.2) is 0 Å². The third-order valence-corrected chi connectivity index (χ3v) is 3.85. The molecule has 0 spiro atoms. The lowest BCUT2D eigenvalue weighted by Crippen LogP contribution is -2.19. The lowest BCUT2D eigenvalue weighted by atomic mass is 9.91. The average Bonchev–Trinajstić information content (AvgIpc) is 2.84. The molecule has 1 saturated carbocycles. The van der Waals surface area contributed by atoms with Gasteiger partial charge in [-0.2, -0.15) is 0 Å². The van der Waals surface area contributed by atoms with Crippen molar-refractivity contribution in [3.05, 3.63) is 29.3 Å². The monoisotopic (exact) mass is 247 g/mol. The number of rotatable bonds is 4. The van der Waals surface area contributed by atoms with Gasteiger partial charge in [0.2, 0.25) is 0 Å². The summed E-state index contributed by atoms with van der Waals surface area (Å²) in [5.74, 6) is 1.65. The van der Waals surface area contributed by atoms with Gasteiger partial charge in [0.1, 0.15) is 5.75 Å². The molecule has 2 N–H and O–H groups in total. The number of hydrogen-bond donors (Lipinski definition) is 1. The van der Waals surface area contributed by atoms with Crippen molar-refractivity contribution in [1.82, 2.24) is 0 Å². The van der Waals surface area contributed by atoms with Crippen LogP contribution in [0.15, 0.2) is 18.2 Å². The molecule has 1 aliphatic carbocycles. The average molecular weight is 247 g/mol. The van der Waals surface area contributed by atoms with E-state index in [0.717, 1.165) is 5.75 Å². The predicted octanol–water partition coefficient (Wildman–Crippen LogP) is 3.97. The second-order valence-corrected chi connectivity index (χ2v) is 5.76. The van der Waals surface area contributed by atoms with Gasteiger partial charge < -0.3 is 10.5 Å². The van der Waals surface area contributed by atoms with E-state index in [9.17, 15) is 0 Å². The molecule has 1 fully saturated rings. The van der Waals surface area contributed by atoms with Gasteiger partial charge >= 0.3 is 0 Å². The van der Waals surface area contributed by atoms with Crippen LogP contribution in [0.25, 0.3) is 0 Å². The molecule has 0 heterocycles. The van der Waals surface area contributed by atoms with E-state index in [-0.39, 0.29) is 12.1 Å². The molecule has 0 radical (unpaired) electrons. The van der Waals surface area contributed by atoms with Crippen molar-refractivity contribution in [2.45, 2.75) is 58.6 Å². The first-order valence-corrected chi connectivity index (χ1v) is 7.10. The standard InChI is InChI=1S/C16H25NO/c1-11(2)18-15-9-8-14(10-12(15)3)16(17)13-6-4-5-7-13/h8-11,13,16H,4-7,17H2,1-3H3. The summed E-state index contributed by atoms with van der Waals surface area (Å²) in [6.07, 6.45) is 5.46. The maximum atomic E-state index is 6.38. The Hall–Kier alpha value is -1.02. The Morgan fingerprint density at radius 2 is 1.89 bits per heavy atom. The van der Waals surface area contributed by atoms with Crippen molar-refractivity contribution in [3.63, 3.8) is 0 Å². The number of aryl methyl sites for hydroxylation is 1. The summed E-state index contributed by atoms with van der Waals surface area (Å²) < 4.78 is 5.76. The summed E-state index contributed by atoms with van der Waals surface area (Å²) in [5, 5.41) is 0. The Balaban J connectivity index is 2.12. The molecule has 0 amide bonds. The molecule has 1 atom stereocenters. The van der Waals surface area contributed by atoms with Crippen LogP contribution < -0.4 is 10.5 Å². The Morgan fingerprint density at radius 3 is 2.44 bits per heavy atom. The zero-order chi connectivity index (χ0) is 13.1. The van der Waals surface area contributed by atoms with E-state index < -0.39 is 0 Å². The molecule has 0 aromatic heterocycles. The van der Waals surface area contributed by atoms with Gasteiger partial charge in [0, 0.05) is 6.04 Å². The number of ether oxygens (including phenoxy) is 1. The topological polar surface area (TPSA) is 35.2 Å². The smallest absolute Gasteiger partial charge is 0.122 e. The highest BCUT2D eigenvalue weighted by Gasteiger charge is 2.23. The van der Waals surface area contributed by atoms with Crippen LogP contribution in [0.1, 0.15) is 56.7 Å². The van der Waals surface area contributed by atoms with Crippen LogP contribution in [-0.2, 0) is 0 Å². The van der Waals surface area contributed by atoms with Crippen LogP contribution >= 0.6 is 0 Å². The summed E-state index contributed by atoms with van der Waals surface area (Å²) in [6, 6.07) is 6.59. The molecule has 0 aliphatic heterocycles. The Morgan fingerprint density at radius 1 is 1.22 bits per heavy atom. The Bertz CT molecular complexity index is 394. The van der Waals surface area contributed by atoms with Crippen molar-refractivity contribution < 1.29 is 4.74 Å². The fourth-order valence-electron chi connectivity index (χ4n) is 2.85. The van der Waals surface area contributed by atoms with E-state index in [1.54, 1.807) is 0 Å². The van der Waals surface area contributed by atoms with E-state index >= 15 is 0 Å². The maximum absolute atomic E-state index is 6.38. The fraction of sp³-hybridized carbons (Fsp3) is 0.625. The first-order chi connectivity index (χ1) is 8.58. The third-order valence-electron chi connectivity index (χ3n) is 3.85. The van der Waals surface area contributed by atoms with Crippen LogP contribution in [0.3, 0.4) is 0 Å². The summed E-state index contributed by atoms with van der Waals surface area (Å²) in [5.41, 5.74) is 8.83. The molecular weight excluding hydrogens is 222 g/mol. The van der Waals surface area contributed by atoms with E-state index in [1.807, 2.05) is 0 Å². The predicted molar refractivity (Wildman–Crippen MR) is 75.8 cm³/mol. The lowest BCUT2D eigenvalue weighted by Gasteiger charge is -2.21. The van der Waals surface area contributed by atoms with Gasteiger partial charge in [0.05, 0.1) is 6.10 Å². The van der Waals surface area contributed by atoms with Crippen molar-refractivity contribution >= 4 is 0 Å². The minimum Gasteiger partial charge on any atom is -0.491 e. The highest BCUT2D eigenvalue weighted by atomic mass is 16.5. The summed E-state index contributed by atoms with van der Waals surface area (Å²) in [4.78, 5) is 0. The molecule has 1 aliphatic rings. The minimum absolute atomic E-state index is 0.194. The molecule has 2 rings (SSSR count). The zero-order valence-corrected chi connectivity index (χ0v) is 11.8. The highest BCUT2D eigenvalue weighted by molar-refractivity contribution is 5.37. The van der Waals surface area contributed by atoms with Gasteiger partial charge in [-0.1, -0.05) is 25.0 Å². The molecular formula is C16H25NO. The number of nitrogens with two attached hydrogens (primary N) is 1. The van der Waals surface area contributed by atoms with Crippen molar-refractivity contribution in [2.75, 3.05) is 0 Å². The lowest BCUT2D eigenvalue weighted by molar-refractivity contribution is 0.240. The Labute approximate surface area is 111 Å². The van der Waals surface area contributed by atoms with Gasteiger partial charge in [0.25, 0.3) is 0 Å². The first-order valence-electron chi connectivity index (χ1n) is 7.10. The largest absolute Gasteiger partial charge is 0.491 e. The molecule has 1 unspecified atom stereocenters. The first kappa shape index (κ1) is 13.4. The summed E-state index contributed by atoms with van der Waals surface area (Å²) >= 11 is 0. The van der Waals surface area contributed by atoms with Crippen LogP contribution in [-0.4, -0.2) is 6.10 Å². The Kier molecular flexibility index (Phi) is 4.28. The van der Waals surface area contributed by atoms with Gasteiger partial charge in [-0.05, 0) is 56.7 Å². The second kappa shape index (κ2) is 5.75. The fourth-order valence-corrected chi connectivity index (χ4v) is 2.85. The van der Waals surface area contributed by atoms with Crippen molar-refractivity contribution in [1.29, 1.82) is 0 Å². The normalized spacial score (nSPS) is 18.3. The molecule has 100 valence electrons. The van der Waals surface area contributed by atoms with Gasteiger partial charge in [-0.25, -0.2) is 0 Å². The van der Waals surface area contributed by atoms with Crippen LogP contribution in [0.2, 0.25) is 0 Å². The summed E-state index contributed by atoms with van der Waals surface area (Å²) in [7, 11) is 0. The van der Waals surface area contributed by atoms with Crippen LogP contribution in [0.5, 0.6) is 5.75 Å². The number of benzene rings is 1. The van der Waals surface area contributed by atoms with Gasteiger partial charge in [-0.15, -0.1) is 0 Å². The van der Waals surface area contributed by atoms with E-state index in [2.05, 4.69) is 39.0 Å². The van der Waals surface area contributed by atoms with Crippen LogP contribution in [0.4, 0.5) is 0 Å². The van der Waals surface area contributed by atoms with E-state index in [1.165, 1.54) is 36.8 Å². The second-order valence-electron chi connectivity index (χ2n) is 5.76. The van der Waals surface area contributed by atoms with Crippen LogP contribution in [0, 0.1) is 12.8 Å². The zero-order valence-electron chi connectivity index (χ0n) is 11.8. The molecule has 1 aromatic rings. The molecule has 0 bridgehead atoms. The molecule has 1 aromatic carbocycles. The highest BCUT2D eigenvalue weighted by Crippen LogP contribution is 2.35. The number of hydrogen-bond acceptors (Lipinski definition) is 2. The van der Waals surface area contributed by atoms with Crippen molar-refractivity contribution in [3.8, 4) is 5.75 Å². The molecule has 2 nitrogen and oxygen atoms in total. The SMILES string of the molecule is Cc1cc(C(N)C2CCCC2)ccc1OC(C)C. The van der Waals surface area contributed by atoms with E-state index in [0.29, 0.717) is 5.92 Å². The molecule has 18 heavy (non-hydrogen) atoms. The molecule has 0 saturated heterocycles. The maximum Gasteiger partial charge on any atom is 0.122 e.